The van der Waals surface area contributed by atoms with Crippen LogP contribution in [0.3, 0.4) is 0 Å². The van der Waals surface area contributed by atoms with Gasteiger partial charge in [0.2, 0.25) is 0 Å². The molecular weight excluding hydrogens is 494 g/mol. The molecule has 0 aliphatic carbocycles. The smallest absolute Gasteiger partial charge is 0.193 e. The van der Waals surface area contributed by atoms with Crippen molar-refractivity contribution in [2.45, 2.75) is 19.9 Å². The number of ether oxygens (including phenoxy) is 1. The van der Waals surface area contributed by atoms with E-state index >= 15 is 0 Å². The van der Waals surface area contributed by atoms with Crippen LogP contribution >= 0.6 is 24.0 Å². The van der Waals surface area contributed by atoms with Gasteiger partial charge in [0.05, 0.1) is 7.11 Å². The molecule has 2 aromatic rings. The summed E-state index contributed by atoms with van der Waals surface area (Å²) in [6.45, 7) is 6.39. The van der Waals surface area contributed by atoms with Crippen LogP contribution in [0.15, 0.2) is 53.5 Å². The predicted molar refractivity (Wildman–Crippen MR) is 133 cm³/mol. The van der Waals surface area contributed by atoms with Gasteiger partial charge in [0.1, 0.15) is 11.6 Å². The highest BCUT2D eigenvalue weighted by Gasteiger charge is 2.23. The van der Waals surface area contributed by atoms with Gasteiger partial charge in [-0.1, -0.05) is 18.2 Å². The molecule has 164 valence electrons. The molecule has 30 heavy (non-hydrogen) atoms. The fraction of sp³-hybridized carbons (Fsp3) is 0.435. The van der Waals surface area contributed by atoms with Crippen LogP contribution in [0.1, 0.15) is 18.9 Å². The van der Waals surface area contributed by atoms with E-state index in [9.17, 15) is 4.39 Å². The molecule has 7 heteroatoms. The minimum atomic E-state index is -0.209. The van der Waals surface area contributed by atoms with Gasteiger partial charge in [-0.05, 0) is 49.1 Å². The lowest BCUT2D eigenvalue weighted by Gasteiger charge is -2.23. The van der Waals surface area contributed by atoms with Gasteiger partial charge >= 0.3 is 0 Å². The number of anilines is 1. The van der Waals surface area contributed by atoms with Gasteiger partial charge in [0, 0.05) is 51.5 Å². The second-order valence-corrected chi connectivity index (χ2v) is 7.48. The first-order chi connectivity index (χ1) is 14.1. The number of nitrogens with zero attached hydrogens (tertiary/aromatic N) is 3. The summed E-state index contributed by atoms with van der Waals surface area (Å²) in [5.74, 6) is 2.09. The maximum atomic E-state index is 13.1. The second kappa shape index (κ2) is 12.0. The predicted octanol–water partition coefficient (Wildman–Crippen LogP) is 4.38. The summed E-state index contributed by atoms with van der Waals surface area (Å²) < 4.78 is 18.5. The Labute approximate surface area is 196 Å². The van der Waals surface area contributed by atoms with Gasteiger partial charge in [-0.25, -0.2) is 4.39 Å². The largest absolute Gasteiger partial charge is 0.497 e. The lowest BCUT2D eigenvalue weighted by Crippen LogP contribution is -2.39. The van der Waals surface area contributed by atoms with E-state index in [1.54, 1.807) is 7.11 Å². The molecule has 1 atom stereocenters. The average molecular weight is 526 g/mol. The van der Waals surface area contributed by atoms with Crippen LogP contribution < -0.4 is 15.0 Å². The highest BCUT2D eigenvalue weighted by Crippen LogP contribution is 2.27. The van der Waals surface area contributed by atoms with Crippen molar-refractivity contribution in [1.29, 1.82) is 0 Å². The van der Waals surface area contributed by atoms with Crippen molar-refractivity contribution in [3.05, 3.63) is 59.9 Å². The van der Waals surface area contributed by atoms with Crippen LogP contribution in [0, 0.1) is 11.7 Å². The van der Waals surface area contributed by atoms with Crippen LogP contribution in [0.25, 0.3) is 0 Å². The van der Waals surface area contributed by atoms with Crippen molar-refractivity contribution in [1.82, 2.24) is 10.2 Å². The fourth-order valence-corrected chi connectivity index (χ4v) is 3.65. The molecule has 0 spiro atoms. The minimum Gasteiger partial charge on any atom is -0.497 e. The lowest BCUT2D eigenvalue weighted by molar-refractivity contribution is 0.415. The molecule has 1 aliphatic rings. The highest BCUT2D eigenvalue weighted by molar-refractivity contribution is 14.0. The molecule has 0 aromatic heterocycles. The highest BCUT2D eigenvalue weighted by atomic mass is 127. The fourth-order valence-electron chi connectivity index (χ4n) is 3.65. The van der Waals surface area contributed by atoms with Gasteiger partial charge in [-0.2, -0.15) is 0 Å². The summed E-state index contributed by atoms with van der Waals surface area (Å²) in [7, 11) is 3.72. The first-order valence-corrected chi connectivity index (χ1v) is 10.2. The average Bonchev–Trinajstić information content (AvgIpc) is 3.22. The van der Waals surface area contributed by atoms with Crippen LogP contribution in [0.5, 0.6) is 5.75 Å². The third kappa shape index (κ3) is 6.75. The summed E-state index contributed by atoms with van der Waals surface area (Å²) in [6, 6.07) is 14.9. The molecule has 2 aromatic carbocycles. The van der Waals surface area contributed by atoms with E-state index in [2.05, 4.69) is 34.2 Å². The van der Waals surface area contributed by atoms with E-state index in [1.807, 2.05) is 31.3 Å². The molecule has 0 amide bonds. The van der Waals surface area contributed by atoms with E-state index in [0.29, 0.717) is 12.5 Å². The van der Waals surface area contributed by atoms with Gasteiger partial charge in [-0.15, -0.1) is 24.0 Å². The van der Waals surface area contributed by atoms with Crippen molar-refractivity contribution >= 4 is 35.6 Å². The maximum absolute atomic E-state index is 13.1. The number of hydrogen-bond acceptors (Lipinski definition) is 3. The van der Waals surface area contributed by atoms with E-state index in [1.165, 1.54) is 17.8 Å². The number of halogens is 2. The number of guanidine groups is 1. The first-order valence-electron chi connectivity index (χ1n) is 10.2. The Balaban J connectivity index is 0.00000320. The quantitative estimate of drug-likeness (QED) is 0.331. The Morgan fingerprint density at radius 3 is 2.73 bits per heavy atom. The van der Waals surface area contributed by atoms with Crippen molar-refractivity contribution < 1.29 is 9.13 Å². The van der Waals surface area contributed by atoms with Crippen molar-refractivity contribution in [2.75, 3.05) is 45.2 Å². The summed E-state index contributed by atoms with van der Waals surface area (Å²) in [4.78, 5) is 9.37. The Kier molecular flexibility index (Phi) is 9.68. The third-order valence-electron chi connectivity index (χ3n) is 5.23. The summed E-state index contributed by atoms with van der Waals surface area (Å²) in [5.41, 5.74) is 2.26. The van der Waals surface area contributed by atoms with E-state index in [0.717, 1.165) is 49.9 Å². The summed E-state index contributed by atoms with van der Waals surface area (Å²) >= 11 is 0. The number of hydrogen-bond donors (Lipinski definition) is 1. The molecule has 1 aliphatic heterocycles. The zero-order valence-electron chi connectivity index (χ0n) is 18.0. The van der Waals surface area contributed by atoms with E-state index in [4.69, 9.17) is 9.73 Å². The zero-order chi connectivity index (χ0) is 20.6. The van der Waals surface area contributed by atoms with E-state index in [-0.39, 0.29) is 29.8 Å². The maximum Gasteiger partial charge on any atom is 0.193 e. The number of nitrogens with one attached hydrogen (secondary N) is 1. The number of methoxy groups -OCH3 is 1. The molecule has 0 radical (unpaired) electrons. The Morgan fingerprint density at radius 1 is 1.27 bits per heavy atom. The van der Waals surface area contributed by atoms with Crippen LogP contribution in [0.2, 0.25) is 0 Å². The molecular formula is C23H32FIN4O. The van der Waals surface area contributed by atoms with Crippen molar-refractivity contribution in [3.8, 4) is 5.75 Å². The summed E-state index contributed by atoms with van der Waals surface area (Å²) in [5, 5.41) is 3.37. The third-order valence-corrected chi connectivity index (χ3v) is 5.23. The molecule has 1 N–H and O–H groups in total. The SMILES string of the molecule is CCNC(=NCC1CCN(c2cccc(OC)c2)C1)N(C)Cc1ccc(F)cc1.I. The number of rotatable bonds is 7. The normalized spacial score (nSPS) is 16.2. The van der Waals surface area contributed by atoms with Gasteiger partial charge in [-0.3, -0.25) is 4.99 Å². The number of benzene rings is 2. The Morgan fingerprint density at radius 2 is 2.03 bits per heavy atom. The summed E-state index contributed by atoms with van der Waals surface area (Å²) in [6.07, 6.45) is 1.13. The molecule has 0 bridgehead atoms. The van der Waals surface area contributed by atoms with Crippen molar-refractivity contribution in [2.24, 2.45) is 10.9 Å². The minimum absolute atomic E-state index is 0. The lowest BCUT2D eigenvalue weighted by atomic mass is 10.1. The Hall–Kier alpha value is -2.03. The molecule has 0 saturated carbocycles. The molecule has 1 saturated heterocycles. The van der Waals surface area contributed by atoms with Crippen molar-refractivity contribution in [3.63, 3.8) is 0 Å². The molecule has 5 nitrogen and oxygen atoms in total. The van der Waals surface area contributed by atoms with Crippen LogP contribution in [-0.2, 0) is 6.54 Å². The zero-order valence-corrected chi connectivity index (χ0v) is 20.3. The van der Waals surface area contributed by atoms with Crippen LogP contribution in [0.4, 0.5) is 10.1 Å². The second-order valence-electron chi connectivity index (χ2n) is 7.48. The molecule has 1 unspecified atom stereocenters. The molecule has 1 heterocycles. The molecule has 1 fully saturated rings. The van der Waals surface area contributed by atoms with E-state index < -0.39 is 0 Å². The van der Waals surface area contributed by atoms with Crippen LogP contribution in [-0.4, -0.2) is 51.2 Å². The standard InChI is InChI=1S/C23H31FN4O.HI/c1-4-25-23(27(2)16-18-8-10-20(24)11-9-18)26-15-19-12-13-28(17-19)21-6-5-7-22(14-21)29-3;/h5-11,14,19H,4,12-13,15-17H2,1-3H3,(H,25,26);1H. The number of aliphatic imine (C=N–C) groups is 1. The van der Waals surface area contributed by atoms with Gasteiger partial charge < -0.3 is 19.9 Å². The van der Waals surface area contributed by atoms with Gasteiger partial charge in [0.25, 0.3) is 0 Å². The van der Waals surface area contributed by atoms with Gasteiger partial charge in [0.15, 0.2) is 5.96 Å². The molecule has 3 rings (SSSR count). The Bertz CT molecular complexity index is 815. The first kappa shape index (κ1) is 24.2. The topological polar surface area (TPSA) is 40.1 Å². The monoisotopic (exact) mass is 526 g/mol.